The van der Waals surface area contributed by atoms with Crippen LogP contribution in [0.1, 0.15) is 16.7 Å². The second-order valence-electron chi connectivity index (χ2n) is 8.31. The highest BCUT2D eigenvalue weighted by atomic mass is 16.6. The molecular formula is C29H24N2O4. The number of carbonyl (C=O) groups excluding carboxylic acids is 1. The topological polar surface area (TPSA) is 68.2 Å². The standard InChI is InChI=1S/C29H24N2O4/c32-28-31(26-18-16-25(30-33)17-19-26)20-27(35-28)21-34-29(22-10-4-1-5-11-22,23-12-6-2-7-13-23)24-14-8-3-9-15-24/h1-19,27H,20-21H2/t27-/m0/s1. The molecule has 35 heavy (non-hydrogen) atoms. The van der Waals surface area contributed by atoms with Gasteiger partial charge in [0.2, 0.25) is 0 Å². The van der Waals surface area contributed by atoms with E-state index in [2.05, 4.69) is 41.6 Å². The minimum absolute atomic E-state index is 0.189. The molecular weight excluding hydrogens is 440 g/mol. The van der Waals surface area contributed by atoms with Gasteiger partial charge in [-0.25, -0.2) is 4.79 Å². The average Bonchev–Trinajstić information content (AvgIpc) is 3.31. The number of hydrogen-bond donors (Lipinski definition) is 0. The summed E-state index contributed by atoms with van der Waals surface area (Å²) in [6.45, 7) is 0.524. The number of cyclic esters (lactones) is 1. The molecule has 5 rings (SSSR count). The van der Waals surface area contributed by atoms with E-state index in [1.807, 2.05) is 54.6 Å². The molecule has 0 unspecified atom stereocenters. The van der Waals surface area contributed by atoms with Crippen molar-refractivity contribution in [3.63, 3.8) is 0 Å². The van der Waals surface area contributed by atoms with E-state index in [1.54, 1.807) is 24.3 Å². The van der Waals surface area contributed by atoms with E-state index in [-0.39, 0.29) is 6.61 Å². The first kappa shape index (κ1) is 22.5. The van der Waals surface area contributed by atoms with Crippen LogP contribution in [0, 0.1) is 4.91 Å². The largest absolute Gasteiger partial charge is 0.441 e. The molecule has 0 saturated carbocycles. The molecule has 4 aromatic rings. The smallest absolute Gasteiger partial charge is 0.414 e. The number of benzene rings is 4. The molecule has 174 valence electrons. The minimum Gasteiger partial charge on any atom is -0.441 e. The average molecular weight is 465 g/mol. The third kappa shape index (κ3) is 4.44. The van der Waals surface area contributed by atoms with Gasteiger partial charge >= 0.3 is 6.09 Å². The molecule has 0 bridgehead atoms. The van der Waals surface area contributed by atoms with E-state index in [0.29, 0.717) is 17.9 Å². The van der Waals surface area contributed by atoms with E-state index >= 15 is 0 Å². The highest BCUT2D eigenvalue weighted by Crippen LogP contribution is 2.41. The van der Waals surface area contributed by atoms with Gasteiger partial charge in [-0.3, -0.25) is 4.90 Å². The van der Waals surface area contributed by atoms with Crippen LogP contribution in [0.15, 0.2) is 120 Å². The number of ether oxygens (including phenoxy) is 2. The van der Waals surface area contributed by atoms with Crippen molar-refractivity contribution in [2.24, 2.45) is 5.18 Å². The number of nitroso groups, excluding NO2 is 1. The van der Waals surface area contributed by atoms with Gasteiger partial charge in [-0.2, -0.15) is 0 Å². The molecule has 0 spiro atoms. The summed E-state index contributed by atoms with van der Waals surface area (Å²) >= 11 is 0. The molecule has 6 heteroatoms. The summed E-state index contributed by atoms with van der Waals surface area (Å²) in [6, 6.07) is 36.7. The summed E-state index contributed by atoms with van der Waals surface area (Å²) in [5, 5.41) is 2.91. The van der Waals surface area contributed by atoms with Crippen LogP contribution >= 0.6 is 0 Å². The molecule has 1 aliphatic heterocycles. The lowest BCUT2D eigenvalue weighted by Gasteiger charge is -2.36. The van der Waals surface area contributed by atoms with Crippen molar-refractivity contribution < 1.29 is 14.3 Å². The minimum atomic E-state index is -0.888. The van der Waals surface area contributed by atoms with Gasteiger partial charge in [-0.15, -0.1) is 4.91 Å². The van der Waals surface area contributed by atoms with Gasteiger partial charge in [0.15, 0.2) is 0 Å². The van der Waals surface area contributed by atoms with Crippen molar-refractivity contribution in [2.45, 2.75) is 11.7 Å². The summed E-state index contributed by atoms with van der Waals surface area (Å²) < 4.78 is 12.4. The maximum atomic E-state index is 12.6. The molecule has 1 aliphatic rings. The first-order chi connectivity index (χ1) is 17.2. The van der Waals surface area contributed by atoms with Crippen LogP contribution in [-0.4, -0.2) is 25.3 Å². The zero-order valence-corrected chi connectivity index (χ0v) is 19.0. The predicted molar refractivity (Wildman–Crippen MR) is 135 cm³/mol. The van der Waals surface area contributed by atoms with Crippen molar-refractivity contribution in [3.05, 3.63) is 137 Å². The lowest BCUT2D eigenvalue weighted by atomic mass is 9.80. The number of amides is 1. The Balaban J connectivity index is 1.47. The van der Waals surface area contributed by atoms with Crippen LogP contribution in [0.4, 0.5) is 16.2 Å². The number of rotatable bonds is 8. The Kier molecular flexibility index (Phi) is 6.37. The van der Waals surface area contributed by atoms with E-state index in [4.69, 9.17) is 9.47 Å². The quantitative estimate of drug-likeness (QED) is 0.223. The molecule has 1 amide bonds. The van der Waals surface area contributed by atoms with Crippen LogP contribution in [0.5, 0.6) is 0 Å². The fourth-order valence-electron chi connectivity index (χ4n) is 4.50. The Hall–Kier alpha value is -4.29. The third-order valence-electron chi connectivity index (χ3n) is 6.17. The Bertz CT molecular complexity index is 1180. The van der Waals surface area contributed by atoms with Gasteiger partial charge in [0.05, 0.1) is 13.2 Å². The molecule has 0 aromatic heterocycles. The SMILES string of the molecule is O=Nc1ccc(N2C[C@@H](COC(c3ccccc3)(c3ccccc3)c3ccccc3)OC2=O)cc1. The van der Waals surface area contributed by atoms with E-state index in [0.717, 1.165) is 16.7 Å². The van der Waals surface area contributed by atoms with Crippen LogP contribution in [0.3, 0.4) is 0 Å². The van der Waals surface area contributed by atoms with Crippen LogP contribution < -0.4 is 4.90 Å². The van der Waals surface area contributed by atoms with E-state index in [1.165, 1.54) is 4.90 Å². The number of anilines is 1. The third-order valence-corrected chi connectivity index (χ3v) is 6.17. The summed E-state index contributed by atoms with van der Waals surface area (Å²) in [5.74, 6) is 0. The van der Waals surface area contributed by atoms with Crippen molar-refractivity contribution in [1.29, 1.82) is 0 Å². The van der Waals surface area contributed by atoms with Gasteiger partial charge < -0.3 is 9.47 Å². The maximum Gasteiger partial charge on any atom is 0.414 e. The lowest BCUT2D eigenvalue weighted by Crippen LogP contribution is -2.36. The molecule has 6 nitrogen and oxygen atoms in total. The lowest BCUT2D eigenvalue weighted by molar-refractivity contribution is -0.0296. The van der Waals surface area contributed by atoms with Crippen molar-refractivity contribution in [2.75, 3.05) is 18.1 Å². The van der Waals surface area contributed by atoms with E-state index < -0.39 is 17.8 Å². The molecule has 4 aromatic carbocycles. The summed E-state index contributed by atoms with van der Waals surface area (Å²) in [4.78, 5) is 24.9. The zero-order valence-electron chi connectivity index (χ0n) is 19.0. The highest BCUT2D eigenvalue weighted by Gasteiger charge is 2.40. The van der Waals surface area contributed by atoms with Crippen LogP contribution in [0.25, 0.3) is 0 Å². The summed E-state index contributed by atoms with van der Waals surface area (Å²) in [7, 11) is 0. The Morgan fingerprint density at radius 3 is 1.71 bits per heavy atom. The maximum absolute atomic E-state index is 12.6. The Morgan fingerprint density at radius 1 is 0.771 bits per heavy atom. The van der Waals surface area contributed by atoms with Crippen LogP contribution in [0.2, 0.25) is 0 Å². The Labute approximate surface area is 203 Å². The first-order valence-electron chi connectivity index (χ1n) is 11.4. The molecule has 1 atom stereocenters. The zero-order chi connectivity index (χ0) is 24.1. The van der Waals surface area contributed by atoms with Gasteiger partial charge in [0.25, 0.3) is 0 Å². The summed E-state index contributed by atoms with van der Waals surface area (Å²) in [6.07, 6.45) is -0.919. The highest BCUT2D eigenvalue weighted by molar-refractivity contribution is 5.89. The fourth-order valence-corrected chi connectivity index (χ4v) is 4.50. The van der Waals surface area contributed by atoms with E-state index in [9.17, 15) is 9.70 Å². The normalized spacial score (nSPS) is 15.6. The first-order valence-corrected chi connectivity index (χ1v) is 11.4. The molecule has 1 fully saturated rings. The molecule has 1 heterocycles. The van der Waals surface area contributed by atoms with Gasteiger partial charge in [0, 0.05) is 5.69 Å². The number of hydrogen-bond acceptors (Lipinski definition) is 5. The molecule has 0 N–H and O–H groups in total. The van der Waals surface area contributed by atoms with Crippen molar-refractivity contribution >= 4 is 17.5 Å². The van der Waals surface area contributed by atoms with Gasteiger partial charge in [-0.05, 0) is 46.1 Å². The van der Waals surface area contributed by atoms with Crippen molar-refractivity contribution in [1.82, 2.24) is 0 Å². The van der Waals surface area contributed by atoms with Gasteiger partial charge in [0.1, 0.15) is 17.4 Å². The second kappa shape index (κ2) is 9.91. The monoisotopic (exact) mass is 464 g/mol. The summed E-state index contributed by atoms with van der Waals surface area (Å²) in [5.41, 5.74) is 3.01. The Morgan fingerprint density at radius 2 is 1.26 bits per heavy atom. The predicted octanol–water partition coefficient (Wildman–Crippen LogP) is 6.42. The molecule has 0 radical (unpaired) electrons. The number of carbonyl (C=O) groups is 1. The van der Waals surface area contributed by atoms with Crippen LogP contribution in [-0.2, 0) is 15.1 Å². The van der Waals surface area contributed by atoms with Crippen molar-refractivity contribution in [3.8, 4) is 0 Å². The molecule has 0 aliphatic carbocycles. The second-order valence-corrected chi connectivity index (χ2v) is 8.31. The molecule has 1 saturated heterocycles. The van der Waals surface area contributed by atoms with Gasteiger partial charge in [-0.1, -0.05) is 91.0 Å². The number of nitrogens with zero attached hydrogens (tertiary/aromatic N) is 2. The fraction of sp³-hybridized carbons (Fsp3) is 0.138.